The van der Waals surface area contributed by atoms with Crippen molar-refractivity contribution < 1.29 is 14.7 Å². The quantitative estimate of drug-likeness (QED) is 0.858. The fraction of sp³-hybridized carbons (Fsp3) is 0.467. The van der Waals surface area contributed by atoms with Crippen molar-refractivity contribution in [2.75, 3.05) is 7.05 Å². The van der Waals surface area contributed by atoms with Gasteiger partial charge in [-0.1, -0.05) is 23.8 Å². The highest BCUT2D eigenvalue weighted by Gasteiger charge is 2.11. The van der Waals surface area contributed by atoms with Crippen LogP contribution in [0.2, 0.25) is 0 Å². The zero-order valence-electron chi connectivity index (χ0n) is 11.8. The number of aliphatic carboxylic acids is 1. The lowest BCUT2D eigenvalue weighted by Crippen LogP contribution is -2.26. The molecule has 0 saturated carbocycles. The monoisotopic (exact) mass is 263 g/mol. The van der Waals surface area contributed by atoms with Crippen LogP contribution in [-0.4, -0.2) is 28.9 Å². The summed E-state index contributed by atoms with van der Waals surface area (Å²) < 4.78 is 0. The number of rotatable bonds is 6. The predicted molar refractivity (Wildman–Crippen MR) is 73.9 cm³/mol. The fourth-order valence-corrected chi connectivity index (χ4v) is 1.90. The molecule has 1 amide bonds. The number of nitrogens with zero attached hydrogens (tertiary/aromatic N) is 1. The molecule has 0 heterocycles. The number of hydrogen-bond donors (Lipinski definition) is 1. The lowest BCUT2D eigenvalue weighted by Gasteiger charge is -2.18. The first-order valence-electron chi connectivity index (χ1n) is 6.42. The average Bonchev–Trinajstić information content (AvgIpc) is 2.33. The van der Waals surface area contributed by atoms with Crippen LogP contribution < -0.4 is 0 Å². The van der Waals surface area contributed by atoms with Crippen molar-refractivity contribution in [1.29, 1.82) is 0 Å². The van der Waals surface area contributed by atoms with Gasteiger partial charge in [0.1, 0.15) is 0 Å². The largest absolute Gasteiger partial charge is 0.481 e. The summed E-state index contributed by atoms with van der Waals surface area (Å²) in [5.41, 5.74) is 3.47. The van der Waals surface area contributed by atoms with Crippen molar-refractivity contribution in [3.8, 4) is 0 Å². The van der Waals surface area contributed by atoms with Crippen LogP contribution in [0.3, 0.4) is 0 Å². The Kier molecular flexibility index (Phi) is 5.55. The lowest BCUT2D eigenvalue weighted by molar-refractivity contribution is -0.137. The molecule has 1 N–H and O–H groups in total. The molecule has 0 bridgehead atoms. The van der Waals surface area contributed by atoms with Gasteiger partial charge in [-0.15, -0.1) is 0 Å². The predicted octanol–water partition coefficient (Wildman–Crippen LogP) is 2.52. The van der Waals surface area contributed by atoms with Crippen molar-refractivity contribution in [3.63, 3.8) is 0 Å². The maximum Gasteiger partial charge on any atom is 0.303 e. The van der Waals surface area contributed by atoms with Crippen molar-refractivity contribution in [2.45, 2.75) is 39.7 Å². The first-order chi connectivity index (χ1) is 8.90. The lowest BCUT2D eigenvalue weighted by atomic mass is 10.1. The van der Waals surface area contributed by atoms with Gasteiger partial charge in [0.05, 0.1) is 0 Å². The van der Waals surface area contributed by atoms with E-state index in [9.17, 15) is 9.59 Å². The summed E-state index contributed by atoms with van der Waals surface area (Å²) in [6.45, 7) is 4.62. The van der Waals surface area contributed by atoms with Gasteiger partial charge in [-0.25, -0.2) is 0 Å². The summed E-state index contributed by atoms with van der Waals surface area (Å²) in [4.78, 5) is 23.9. The van der Waals surface area contributed by atoms with Crippen molar-refractivity contribution >= 4 is 11.9 Å². The van der Waals surface area contributed by atoms with Crippen LogP contribution >= 0.6 is 0 Å². The van der Waals surface area contributed by atoms with E-state index in [1.54, 1.807) is 11.9 Å². The van der Waals surface area contributed by atoms with Crippen LogP contribution in [0.1, 0.15) is 36.0 Å². The molecule has 4 heteroatoms. The Labute approximate surface area is 114 Å². The summed E-state index contributed by atoms with van der Waals surface area (Å²) >= 11 is 0. The second-order valence-corrected chi connectivity index (χ2v) is 4.93. The van der Waals surface area contributed by atoms with E-state index in [1.807, 2.05) is 26.0 Å². The SMILES string of the molecule is Cc1ccc(C)c(CN(C)C(=O)CCCC(=O)O)c1. The number of hydrogen-bond acceptors (Lipinski definition) is 2. The number of carboxylic acid groups (broad SMARTS) is 1. The van der Waals surface area contributed by atoms with Gasteiger partial charge >= 0.3 is 5.97 Å². The van der Waals surface area contributed by atoms with E-state index in [0.717, 1.165) is 11.1 Å². The number of carboxylic acids is 1. The van der Waals surface area contributed by atoms with Crippen LogP contribution in [0.15, 0.2) is 18.2 Å². The molecule has 0 aliphatic rings. The standard InChI is InChI=1S/C15H21NO3/c1-11-7-8-12(2)13(9-11)10-16(3)14(17)5-4-6-15(18)19/h7-9H,4-6,10H2,1-3H3,(H,18,19). The molecule has 0 fully saturated rings. The van der Waals surface area contributed by atoms with Gasteiger partial charge in [0, 0.05) is 26.4 Å². The maximum absolute atomic E-state index is 11.9. The molecule has 0 spiro atoms. The maximum atomic E-state index is 11.9. The molecule has 104 valence electrons. The summed E-state index contributed by atoms with van der Waals surface area (Å²) in [7, 11) is 1.75. The zero-order chi connectivity index (χ0) is 14.4. The topological polar surface area (TPSA) is 57.6 Å². The van der Waals surface area contributed by atoms with Crippen molar-refractivity contribution in [2.24, 2.45) is 0 Å². The minimum absolute atomic E-state index is 0.0119. The summed E-state index contributed by atoms with van der Waals surface area (Å²) in [5.74, 6) is -0.868. The molecule has 0 radical (unpaired) electrons. The van der Waals surface area contributed by atoms with Gasteiger partial charge < -0.3 is 10.0 Å². The van der Waals surface area contributed by atoms with E-state index < -0.39 is 5.97 Å². The number of aryl methyl sites for hydroxylation is 2. The highest BCUT2D eigenvalue weighted by Crippen LogP contribution is 2.13. The van der Waals surface area contributed by atoms with Crippen LogP contribution in [0, 0.1) is 13.8 Å². The fourth-order valence-electron chi connectivity index (χ4n) is 1.90. The number of amides is 1. The Bertz CT molecular complexity index is 468. The normalized spacial score (nSPS) is 10.3. The number of benzene rings is 1. The van der Waals surface area contributed by atoms with Crippen LogP contribution in [0.25, 0.3) is 0 Å². The molecule has 4 nitrogen and oxygen atoms in total. The molecule has 0 aliphatic heterocycles. The number of carbonyl (C=O) groups excluding carboxylic acids is 1. The Balaban J connectivity index is 2.53. The summed E-state index contributed by atoms with van der Waals surface area (Å²) in [6, 6.07) is 6.18. The average molecular weight is 263 g/mol. The minimum Gasteiger partial charge on any atom is -0.481 e. The van der Waals surface area contributed by atoms with E-state index in [0.29, 0.717) is 13.0 Å². The smallest absolute Gasteiger partial charge is 0.303 e. The van der Waals surface area contributed by atoms with Crippen molar-refractivity contribution in [1.82, 2.24) is 4.90 Å². The Hall–Kier alpha value is -1.84. The molecule has 1 aromatic carbocycles. The Morgan fingerprint density at radius 3 is 2.53 bits per heavy atom. The van der Waals surface area contributed by atoms with Crippen LogP contribution in [-0.2, 0) is 16.1 Å². The molecule has 0 unspecified atom stereocenters. The first-order valence-corrected chi connectivity index (χ1v) is 6.42. The molecule has 1 rings (SSSR count). The van der Waals surface area contributed by atoms with Gasteiger partial charge in [0.2, 0.25) is 5.91 Å². The molecular weight excluding hydrogens is 242 g/mol. The highest BCUT2D eigenvalue weighted by atomic mass is 16.4. The Morgan fingerprint density at radius 1 is 1.21 bits per heavy atom. The molecule has 0 aliphatic carbocycles. The second-order valence-electron chi connectivity index (χ2n) is 4.93. The Morgan fingerprint density at radius 2 is 1.89 bits per heavy atom. The van der Waals surface area contributed by atoms with E-state index >= 15 is 0 Å². The molecule has 0 saturated heterocycles. The van der Waals surface area contributed by atoms with E-state index in [4.69, 9.17) is 5.11 Å². The minimum atomic E-state index is -0.856. The molecule has 19 heavy (non-hydrogen) atoms. The second kappa shape index (κ2) is 6.92. The molecule has 1 aromatic rings. The van der Waals surface area contributed by atoms with Gasteiger partial charge in [-0.2, -0.15) is 0 Å². The van der Waals surface area contributed by atoms with Gasteiger partial charge in [0.25, 0.3) is 0 Å². The first kappa shape index (κ1) is 15.2. The van der Waals surface area contributed by atoms with E-state index in [2.05, 4.69) is 6.07 Å². The van der Waals surface area contributed by atoms with Gasteiger partial charge in [-0.05, 0) is 31.4 Å². The van der Waals surface area contributed by atoms with E-state index in [1.165, 1.54) is 5.56 Å². The third kappa shape index (κ3) is 5.12. The third-order valence-corrected chi connectivity index (χ3v) is 3.12. The zero-order valence-corrected chi connectivity index (χ0v) is 11.8. The number of carbonyl (C=O) groups is 2. The van der Waals surface area contributed by atoms with Gasteiger partial charge in [0.15, 0.2) is 0 Å². The van der Waals surface area contributed by atoms with Crippen LogP contribution in [0.5, 0.6) is 0 Å². The highest BCUT2D eigenvalue weighted by molar-refractivity contribution is 5.76. The summed E-state index contributed by atoms with van der Waals surface area (Å²) in [5, 5.41) is 8.54. The molecular formula is C15H21NO3. The molecule has 0 aromatic heterocycles. The van der Waals surface area contributed by atoms with E-state index in [-0.39, 0.29) is 18.7 Å². The summed E-state index contributed by atoms with van der Waals surface area (Å²) in [6.07, 6.45) is 0.724. The van der Waals surface area contributed by atoms with Crippen LogP contribution in [0.4, 0.5) is 0 Å². The third-order valence-electron chi connectivity index (χ3n) is 3.12. The molecule has 0 atom stereocenters. The van der Waals surface area contributed by atoms with Crippen molar-refractivity contribution in [3.05, 3.63) is 34.9 Å². The van der Waals surface area contributed by atoms with Gasteiger partial charge in [-0.3, -0.25) is 9.59 Å².